The number of rotatable bonds is 4. The fourth-order valence-electron chi connectivity index (χ4n) is 3.12. The van der Waals surface area contributed by atoms with Gasteiger partial charge in [0.2, 0.25) is 17.8 Å². The highest BCUT2D eigenvalue weighted by atomic mass is 16.2. The van der Waals surface area contributed by atoms with E-state index < -0.39 is 0 Å². The number of piperazine rings is 1. The quantitative estimate of drug-likeness (QED) is 0.757. The van der Waals surface area contributed by atoms with Gasteiger partial charge in [-0.05, 0) is 12.0 Å². The Morgan fingerprint density at radius 2 is 1.78 bits per heavy atom. The van der Waals surface area contributed by atoms with Crippen molar-refractivity contribution < 1.29 is 9.59 Å². The topological polar surface area (TPSA) is 69.6 Å². The summed E-state index contributed by atoms with van der Waals surface area (Å²) in [6, 6.07) is 1.80. The van der Waals surface area contributed by atoms with Gasteiger partial charge in [0.15, 0.2) is 0 Å². The third kappa shape index (κ3) is 3.34. The molecule has 1 aromatic rings. The normalized spacial score (nSPS) is 23.2. The lowest BCUT2D eigenvalue weighted by Gasteiger charge is -2.36. The van der Waals surface area contributed by atoms with Crippen LogP contribution in [-0.4, -0.2) is 64.4 Å². The highest BCUT2D eigenvalue weighted by Crippen LogP contribution is 2.26. The van der Waals surface area contributed by atoms with E-state index in [1.54, 1.807) is 18.5 Å². The van der Waals surface area contributed by atoms with E-state index in [-0.39, 0.29) is 23.7 Å². The van der Waals surface area contributed by atoms with Crippen LogP contribution in [0.25, 0.3) is 0 Å². The van der Waals surface area contributed by atoms with Crippen molar-refractivity contribution >= 4 is 17.8 Å². The van der Waals surface area contributed by atoms with E-state index in [0.717, 1.165) is 32.1 Å². The van der Waals surface area contributed by atoms with Gasteiger partial charge in [-0.3, -0.25) is 19.4 Å². The molecule has 1 aromatic heterocycles. The average Bonchev–Trinajstić information content (AvgIpc) is 2.85. The average molecular weight is 317 g/mol. The summed E-state index contributed by atoms with van der Waals surface area (Å²) in [6.07, 6.45) is 3.83. The summed E-state index contributed by atoms with van der Waals surface area (Å²) < 4.78 is 0. The van der Waals surface area contributed by atoms with Gasteiger partial charge in [-0.2, -0.15) is 0 Å². The van der Waals surface area contributed by atoms with E-state index in [1.807, 2.05) is 13.8 Å². The maximum atomic E-state index is 12.4. The molecule has 0 saturated carbocycles. The predicted molar refractivity (Wildman–Crippen MR) is 85.5 cm³/mol. The van der Waals surface area contributed by atoms with Crippen molar-refractivity contribution in [3.63, 3.8) is 0 Å². The summed E-state index contributed by atoms with van der Waals surface area (Å²) in [5, 5.41) is 0. The second-order valence-corrected chi connectivity index (χ2v) is 6.51. The van der Waals surface area contributed by atoms with Crippen molar-refractivity contribution in [2.45, 2.75) is 20.3 Å². The number of hydrogen-bond acceptors (Lipinski definition) is 6. The highest BCUT2D eigenvalue weighted by Gasteiger charge is 2.40. The lowest BCUT2D eigenvalue weighted by atomic mass is 9.94. The second-order valence-electron chi connectivity index (χ2n) is 6.51. The van der Waals surface area contributed by atoms with Crippen molar-refractivity contribution in [2.24, 2.45) is 11.8 Å². The largest absolute Gasteiger partial charge is 0.338 e. The van der Waals surface area contributed by atoms with E-state index in [2.05, 4.69) is 19.8 Å². The van der Waals surface area contributed by atoms with Crippen LogP contribution in [0.4, 0.5) is 5.95 Å². The van der Waals surface area contributed by atoms with Gasteiger partial charge in [0.1, 0.15) is 0 Å². The van der Waals surface area contributed by atoms with Crippen molar-refractivity contribution in [1.29, 1.82) is 0 Å². The number of amides is 2. The summed E-state index contributed by atoms with van der Waals surface area (Å²) in [4.78, 5) is 38.7. The van der Waals surface area contributed by atoms with Crippen molar-refractivity contribution in [1.82, 2.24) is 19.8 Å². The molecule has 0 N–H and O–H groups in total. The molecule has 7 heteroatoms. The molecule has 0 radical (unpaired) electrons. The maximum Gasteiger partial charge on any atom is 0.234 e. The van der Waals surface area contributed by atoms with Crippen molar-refractivity contribution in [3.05, 3.63) is 18.5 Å². The number of nitrogens with zero attached hydrogens (tertiary/aromatic N) is 5. The fourth-order valence-corrected chi connectivity index (χ4v) is 3.12. The molecule has 0 aromatic carbocycles. The summed E-state index contributed by atoms with van der Waals surface area (Å²) in [5.41, 5.74) is 0. The van der Waals surface area contributed by atoms with Gasteiger partial charge in [-0.1, -0.05) is 13.8 Å². The van der Waals surface area contributed by atoms with Gasteiger partial charge in [-0.25, -0.2) is 9.97 Å². The molecular weight excluding hydrogens is 294 g/mol. The molecule has 3 rings (SSSR count). The molecule has 2 aliphatic heterocycles. The van der Waals surface area contributed by atoms with E-state index in [4.69, 9.17) is 0 Å². The van der Waals surface area contributed by atoms with E-state index in [1.165, 1.54) is 4.90 Å². The molecular formula is C16H23N5O2. The Balaban J connectivity index is 1.55. The van der Waals surface area contributed by atoms with Crippen LogP contribution in [0.3, 0.4) is 0 Å². The molecule has 0 bridgehead atoms. The molecule has 1 unspecified atom stereocenters. The summed E-state index contributed by atoms with van der Waals surface area (Å²) in [7, 11) is 0. The second kappa shape index (κ2) is 6.62. The minimum atomic E-state index is -0.151. The molecule has 0 aliphatic carbocycles. The Kier molecular flexibility index (Phi) is 4.56. The molecule has 124 valence electrons. The van der Waals surface area contributed by atoms with Crippen LogP contribution < -0.4 is 4.90 Å². The monoisotopic (exact) mass is 317 g/mol. The first-order valence-electron chi connectivity index (χ1n) is 8.15. The third-order valence-electron chi connectivity index (χ3n) is 4.63. The number of anilines is 1. The van der Waals surface area contributed by atoms with Gasteiger partial charge in [0.05, 0.1) is 6.67 Å². The minimum absolute atomic E-state index is 0.0150. The molecule has 2 amide bonds. The van der Waals surface area contributed by atoms with Crippen molar-refractivity contribution in [2.75, 3.05) is 37.7 Å². The molecule has 7 nitrogen and oxygen atoms in total. The molecule has 1 atom stereocenters. The van der Waals surface area contributed by atoms with Crippen LogP contribution in [0.2, 0.25) is 0 Å². The van der Waals surface area contributed by atoms with Crippen molar-refractivity contribution in [3.8, 4) is 0 Å². The Morgan fingerprint density at radius 1 is 1.13 bits per heavy atom. The molecule has 23 heavy (non-hydrogen) atoms. The molecule has 0 spiro atoms. The Morgan fingerprint density at radius 3 is 2.35 bits per heavy atom. The molecule has 2 aliphatic rings. The zero-order chi connectivity index (χ0) is 16.4. The van der Waals surface area contributed by atoms with Gasteiger partial charge in [0.25, 0.3) is 0 Å². The molecule has 2 saturated heterocycles. The number of aromatic nitrogens is 2. The minimum Gasteiger partial charge on any atom is -0.338 e. The van der Waals surface area contributed by atoms with Crippen LogP contribution in [0.5, 0.6) is 0 Å². The van der Waals surface area contributed by atoms with Crippen LogP contribution in [0.15, 0.2) is 18.5 Å². The summed E-state index contributed by atoms with van der Waals surface area (Å²) in [6.45, 7) is 7.59. The molecule has 3 heterocycles. The number of imide groups is 1. The standard InChI is InChI=1S/C16H23N5O2/c1-12(2)13-10-14(22)21(15(13)23)11-19-6-8-20(9-7-19)16-17-4-3-5-18-16/h3-5,12-13H,6-11H2,1-2H3. The lowest BCUT2D eigenvalue weighted by molar-refractivity contribution is -0.142. The number of hydrogen-bond donors (Lipinski definition) is 0. The number of likely N-dealkylation sites (tertiary alicyclic amines) is 1. The Hall–Kier alpha value is -2.02. The van der Waals surface area contributed by atoms with Gasteiger partial charge >= 0.3 is 0 Å². The molecule has 2 fully saturated rings. The predicted octanol–water partition coefficient (Wildman–Crippen LogP) is 0.587. The smallest absolute Gasteiger partial charge is 0.234 e. The Labute approximate surface area is 136 Å². The van der Waals surface area contributed by atoms with Crippen LogP contribution >= 0.6 is 0 Å². The summed E-state index contributed by atoms with van der Waals surface area (Å²) in [5.74, 6) is 0.742. The lowest BCUT2D eigenvalue weighted by Crippen LogP contribution is -2.51. The third-order valence-corrected chi connectivity index (χ3v) is 4.63. The van der Waals surface area contributed by atoms with E-state index in [9.17, 15) is 9.59 Å². The van der Waals surface area contributed by atoms with E-state index >= 15 is 0 Å². The number of carbonyl (C=O) groups excluding carboxylic acids is 2. The highest BCUT2D eigenvalue weighted by molar-refractivity contribution is 6.03. The number of carbonyl (C=O) groups is 2. The van der Waals surface area contributed by atoms with Gasteiger partial charge in [0, 0.05) is 50.9 Å². The van der Waals surface area contributed by atoms with Crippen LogP contribution in [0.1, 0.15) is 20.3 Å². The SMILES string of the molecule is CC(C)C1CC(=O)N(CN2CCN(c3ncccn3)CC2)C1=O. The van der Waals surface area contributed by atoms with Gasteiger partial charge in [-0.15, -0.1) is 0 Å². The zero-order valence-corrected chi connectivity index (χ0v) is 13.7. The first kappa shape index (κ1) is 15.9. The summed E-state index contributed by atoms with van der Waals surface area (Å²) >= 11 is 0. The zero-order valence-electron chi connectivity index (χ0n) is 13.7. The first-order chi connectivity index (χ1) is 11.1. The fraction of sp³-hybridized carbons (Fsp3) is 0.625. The first-order valence-corrected chi connectivity index (χ1v) is 8.15. The van der Waals surface area contributed by atoms with Crippen LogP contribution in [0, 0.1) is 11.8 Å². The van der Waals surface area contributed by atoms with E-state index in [0.29, 0.717) is 13.1 Å². The van der Waals surface area contributed by atoms with Gasteiger partial charge < -0.3 is 4.90 Å². The van der Waals surface area contributed by atoms with Crippen LogP contribution in [-0.2, 0) is 9.59 Å². The maximum absolute atomic E-state index is 12.4. The Bertz CT molecular complexity index is 569.